The summed E-state index contributed by atoms with van der Waals surface area (Å²) in [5.41, 5.74) is 4.60. The number of para-hydroxylation sites is 3. The van der Waals surface area contributed by atoms with Gasteiger partial charge in [0.15, 0.2) is 0 Å². The summed E-state index contributed by atoms with van der Waals surface area (Å²) in [7, 11) is 0. The van der Waals surface area contributed by atoms with Crippen LogP contribution in [-0.2, 0) is 13.2 Å². The molecule has 3 aromatic carbocycles. The third kappa shape index (κ3) is 5.08. The lowest BCUT2D eigenvalue weighted by atomic mass is 10.0. The molecule has 1 aromatic heterocycles. The smallest absolute Gasteiger partial charge is 0.147 e. The fourth-order valence-electron chi connectivity index (χ4n) is 3.76. The summed E-state index contributed by atoms with van der Waals surface area (Å²) < 4.78 is 14.4. The number of nitrogens with zero attached hydrogens (tertiary/aromatic N) is 2. The van der Waals surface area contributed by atoms with E-state index >= 15 is 0 Å². The molecule has 31 heavy (non-hydrogen) atoms. The van der Waals surface area contributed by atoms with Gasteiger partial charge in [-0.1, -0.05) is 61.9 Å². The van der Waals surface area contributed by atoms with Crippen LogP contribution < -0.4 is 9.47 Å². The molecule has 160 valence electrons. The van der Waals surface area contributed by atoms with Gasteiger partial charge in [-0.3, -0.25) is 0 Å². The highest BCUT2D eigenvalue weighted by Gasteiger charge is 2.12. The highest BCUT2D eigenvalue weighted by molar-refractivity contribution is 5.75. The van der Waals surface area contributed by atoms with Crippen molar-refractivity contribution in [2.75, 3.05) is 6.61 Å². The van der Waals surface area contributed by atoms with Crippen molar-refractivity contribution in [3.8, 4) is 11.5 Å². The van der Waals surface area contributed by atoms with E-state index in [1.807, 2.05) is 24.3 Å². The van der Waals surface area contributed by atoms with Crippen molar-refractivity contribution in [2.24, 2.45) is 0 Å². The zero-order valence-electron chi connectivity index (χ0n) is 18.5. The molecule has 0 atom stereocenters. The van der Waals surface area contributed by atoms with E-state index in [1.165, 1.54) is 11.1 Å². The minimum atomic E-state index is 0.439. The van der Waals surface area contributed by atoms with Gasteiger partial charge >= 0.3 is 0 Å². The fraction of sp³-hybridized carbons (Fsp3) is 0.296. The summed E-state index contributed by atoms with van der Waals surface area (Å²) in [5.74, 6) is 3.22. The van der Waals surface area contributed by atoms with Crippen LogP contribution in [0.25, 0.3) is 11.0 Å². The number of aromatic nitrogens is 2. The molecule has 0 aliphatic carbocycles. The minimum absolute atomic E-state index is 0.439. The maximum absolute atomic E-state index is 6.12. The van der Waals surface area contributed by atoms with Crippen LogP contribution >= 0.6 is 0 Å². The highest BCUT2D eigenvalue weighted by atomic mass is 16.5. The Morgan fingerprint density at radius 1 is 0.871 bits per heavy atom. The first-order valence-electron chi connectivity index (χ1n) is 11.0. The lowest BCUT2D eigenvalue weighted by Gasteiger charge is -2.15. The number of fused-ring (bicyclic) bond motifs is 1. The summed E-state index contributed by atoms with van der Waals surface area (Å²) in [6.45, 7) is 8.39. The largest absolute Gasteiger partial charge is 0.493 e. The Bertz CT molecular complexity index is 1130. The lowest BCUT2D eigenvalue weighted by Crippen LogP contribution is -2.10. The van der Waals surface area contributed by atoms with E-state index in [0.717, 1.165) is 41.3 Å². The average molecular weight is 415 g/mol. The number of imidazole rings is 1. The number of hydrogen-bond donors (Lipinski definition) is 0. The van der Waals surface area contributed by atoms with Crippen LogP contribution in [0.15, 0.2) is 72.8 Å². The van der Waals surface area contributed by atoms with Crippen LogP contribution in [0.2, 0.25) is 0 Å². The van der Waals surface area contributed by atoms with Gasteiger partial charge in [0.1, 0.15) is 23.9 Å². The van der Waals surface area contributed by atoms with E-state index in [9.17, 15) is 0 Å². The molecule has 4 rings (SSSR count). The first-order chi connectivity index (χ1) is 15.1. The molecule has 0 spiro atoms. The molecule has 1 heterocycles. The predicted octanol–water partition coefficient (Wildman–Crippen LogP) is 6.52. The van der Waals surface area contributed by atoms with Crippen molar-refractivity contribution in [1.82, 2.24) is 9.55 Å². The zero-order valence-corrected chi connectivity index (χ0v) is 18.5. The normalized spacial score (nSPS) is 11.2. The van der Waals surface area contributed by atoms with Gasteiger partial charge in [0.05, 0.1) is 17.6 Å². The molecule has 0 saturated heterocycles. The maximum Gasteiger partial charge on any atom is 0.147 e. The van der Waals surface area contributed by atoms with Crippen LogP contribution in [-0.4, -0.2) is 16.2 Å². The van der Waals surface area contributed by atoms with E-state index in [4.69, 9.17) is 14.5 Å². The number of aryl methyl sites for hydroxylation is 2. The third-order valence-corrected chi connectivity index (χ3v) is 5.45. The van der Waals surface area contributed by atoms with Gasteiger partial charge in [-0.25, -0.2) is 4.98 Å². The van der Waals surface area contributed by atoms with Crippen LogP contribution in [0.1, 0.15) is 43.1 Å². The van der Waals surface area contributed by atoms with Crippen LogP contribution in [0.3, 0.4) is 0 Å². The van der Waals surface area contributed by atoms with Crippen molar-refractivity contribution < 1.29 is 9.47 Å². The second-order valence-corrected chi connectivity index (χ2v) is 8.16. The number of hydrogen-bond acceptors (Lipinski definition) is 3. The van der Waals surface area contributed by atoms with Gasteiger partial charge in [0, 0.05) is 6.54 Å². The van der Waals surface area contributed by atoms with E-state index in [1.54, 1.807) is 0 Å². The quantitative estimate of drug-likeness (QED) is 0.293. The summed E-state index contributed by atoms with van der Waals surface area (Å²) in [6, 6.07) is 24.7. The minimum Gasteiger partial charge on any atom is -0.493 e. The van der Waals surface area contributed by atoms with Crippen molar-refractivity contribution >= 4 is 11.0 Å². The molecule has 0 saturated carbocycles. The summed E-state index contributed by atoms with van der Waals surface area (Å²) >= 11 is 0. The standard InChI is InChI=1S/C27H30N2O2/c1-20(2)23-9-4-7-12-26(23)30-18-8-17-29-25-11-6-5-10-24(25)28-27(29)19-31-22-15-13-21(3)14-16-22/h4-7,9-16,20H,8,17-19H2,1-3H3. The monoisotopic (exact) mass is 414 g/mol. The Hall–Kier alpha value is -3.27. The van der Waals surface area contributed by atoms with Crippen LogP contribution in [0, 0.1) is 6.92 Å². The van der Waals surface area contributed by atoms with Crippen molar-refractivity contribution in [3.63, 3.8) is 0 Å². The molecule has 0 fully saturated rings. The molecule has 0 radical (unpaired) electrons. The Labute approximate surface area is 184 Å². The van der Waals surface area contributed by atoms with Crippen molar-refractivity contribution in [2.45, 2.75) is 46.3 Å². The van der Waals surface area contributed by atoms with Gasteiger partial charge in [0.25, 0.3) is 0 Å². The summed E-state index contributed by atoms with van der Waals surface area (Å²) in [6.07, 6.45) is 0.893. The molecule has 0 unspecified atom stereocenters. The molecular weight excluding hydrogens is 384 g/mol. The van der Waals surface area contributed by atoms with E-state index in [-0.39, 0.29) is 0 Å². The zero-order chi connectivity index (χ0) is 21.6. The van der Waals surface area contributed by atoms with Gasteiger partial charge < -0.3 is 14.0 Å². The van der Waals surface area contributed by atoms with Gasteiger partial charge in [-0.15, -0.1) is 0 Å². The average Bonchev–Trinajstić information content (AvgIpc) is 3.14. The second kappa shape index (κ2) is 9.69. The van der Waals surface area contributed by atoms with Gasteiger partial charge in [-0.05, 0) is 55.2 Å². The van der Waals surface area contributed by atoms with E-state index < -0.39 is 0 Å². The SMILES string of the molecule is Cc1ccc(OCc2nc3ccccc3n2CCCOc2ccccc2C(C)C)cc1. The third-order valence-electron chi connectivity index (χ3n) is 5.45. The lowest BCUT2D eigenvalue weighted by molar-refractivity contribution is 0.279. The first kappa shape index (κ1) is 21.0. The number of benzene rings is 3. The number of ether oxygens (including phenoxy) is 2. The summed E-state index contributed by atoms with van der Waals surface area (Å²) in [4.78, 5) is 4.82. The van der Waals surface area contributed by atoms with Gasteiger partial charge in [-0.2, -0.15) is 0 Å². The Morgan fingerprint density at radius 3 is 2.42 bits per heavy atom. The van der Waals surface area contributed by atoms with Crippen LogP contribution in [0.4, 0.5) is 0 Å². The molecule has 0 amide bonds. The second-order valence-electron chi connectivity index (χ2n) is 8.16. The van der Waals surface area contributed by atoms with Crippen molar-refractivity contribution in [1.29, 1.82) is 0 Å². The molecule has 4 aromatic rings. The Kier molecular flexibility index (Phi) is 6.56. The Balaban J connectivity index is 1.44. The molecule has 4 nitrogen and oxygen atoms in total. The molecule has 0 bridgehead atoms. The van der Waals surface area contributed by atoms with E-state index in [2.05, 4.69) is 73.9 Å². The molecule has 0 N–H and O–H groups in total. The first-order valence-corrected chi connectivity index (χ1v) is 11.0. The highest BCUT2D eigenvalue weighted by Crippen LogP contribution is 2.26. The fourth-order valence-corrected chi connectivity index (χ4v) is 3.76. The van der Waals surface area contributed by atoms with Crippen molar-refractivity contribution in [3.05, 3.63) is 89.7 Å². The Morgan fingerprint density at radius 2 is 1.61 bits per heavy atom. The molecular formula is C27H30N2O2. The van der Waals surface area contributed by atoms with Crippen LogP contribution in [0.5, 0.6) is 11.5 Å². The topological polar surface area (TPSA) is 36.3 Å². The number of rotatable bonds is 9. The summed E-state index contributed by atoms with van der Waals surface area (Å²) in [5, 5.41) is 0. The molecule has 0 aliphatic heterocycles. The predicted molar refractivity (Wildman–Crippen MR) is 126 cm³/mol. The van der Waals surface area contributed by atoms with E-state index in [0.29, 0.717) is 19.1 Å². The maximum atomic E-state index is 6.12. The molecule has 4 heteroatoms. The van der Waals surface area contributed by atoms with Gasteiger partial charge in [0.2, 0.25) is 0 Å². The molecule has 0 aliphatic rings.